The lowest BCUT2D eigenvalue weighted by Gasteiger charge is -2.27. The maximum Gasteiger partial charge on any atom is 0.123 e. The van der Waals surface area contributed by atoms with Gasteiger partial charge in [0.2, 0.25) is 0 Å². The Kier molecular flexibility index (Phi) is 5.77. The molecule has 0 radical (unpaired) electrons. The summed E-state index contributed by atoms with van der Waals surface area (Å²) in [4.78, 5) is 0. The van der Waals surface area contributed by atoms with Gasteiger partial charge in [-0.15, -0.1) is 0 Å². The predicted molar refractivity (Wildman–Crippen MR) is 92.8 cm³/mol. The van der Waals surface area contributed by atoms with Crippen LogP contribution in [-0.4, -0.2) is 10.2 Å². The Morgan fingerprint density at radius 1 is 1.00 bits per heavy atom. The number of unbranched alkanes of at least 4 members (excludes halogenated alkanes) is 3. The molecule has 1 fully saturated rings. The third-order valence-electron chi connectivity index (χ3n) is 5.34. The molecule has 0 amide bonds. The second-order valence-corrected chi connectivity index (χ2v) is 7.60. The molecule has 2 nitrogen and oxygen atoms in total. The van der Waals surface area contributed by atoms with Gasteiger partial charge in [0.05, 0.1) is 0 Å². The molecule has 0 atom stereocenters. The smallest absolute Gasteiger partial charge is 0.123 e. The molecule has 0 bridgehead atoms. The van der Waals surface area contributed by atoms with Crippen LogP contribution in [0, 0.1) is 0 Å². The molecule has 0 aliphatic heterocycles. The van der Waals surface area contributed by atoms with E-state index in [0.717, 1.165) is 30.4 Å². The fraction of sp³-hybridized carbons (Fsp3) is 0.700. The third kappa shape index (κ3) is 3.97. The van der Waals surface area contributed by atoms with Crippen molar-refractivity contribution in [2.75, 3.05) is 0 Å². The highest BCUT2D eigenvalue weighted by molar-refractivity contribution is 5.50. The highest BCUT2D eigenvalue weighted by atomic mass is 16.3. The Labute approximate surface area is 135 Å². The van der Waals surface area contributed by atoms with Gasteiger partial charge in [-0.3, -0.25) is 0 Å². The highest BCUT2D eigenvalue weighted by Gasteiger charge is 2.27. The van der Waals surface area contributed by atoms with E-state index in [-0.39, 0.29) is 5.41 Å². The van der Waals surface area contributed by atoms with Crippen LogP contribution < -0.4 is 0 Å². The maximum atomic E-state index is 10.4. The maximum absolute atomic E-state index is 10.4. The quantitative estimate of drug-likeness (QED) is 0.606. The number of benzene rings is 1. The van der Waals surface area contributed by atoms with Crippen molar-refractivity contribution >= 4 is 0 Å². The van der Waals surface area contributed by atoms with Crippen molar-refractivity contribution in [3.8, 4) is 11.5 Å². The van der Waals surface area contributed by atoms with Gasteiger partial charge in [-0.2, -0.15) is 0 Å². The minimum absolute atomic E-state index is 0.00307. The predicted octanol–water partition coefficient (Wildman–Crippen LogP) is 6.00. The van der Waals surface area contributed by atoms with Crippen LogP contribution in [0.1, 0.15) is 95.6 Å². The van der Waals surface area contributed by atoms with Crippen LogP contribution in [0.15, 0.2) is 12.1 Å². The van der Waals surface area contributed by atoms with Gasteiger partial charge < -0.3 is 10.2 Å². The van der Waals surface area contributed by atoms with Crippen LogP contribution in [0.25, 0.3) is 0 Å². The lowest BCUT2D eigenvalue weighted by atomic mass is 9.78. The van der Waals surface area contributed by atoms with Crippen molar-refractivity contribution in [2.45, 2.75) is 89.9 Å². The van der Waals surface area contributed by atoms with Crippen LogP contribution in [-0.2, 0) is 5.41 Å². The molecule has 22 heavy (non-hydrogen) atoms. The number of phenolic OH excluding ortho intramolecular Hbond substituents is 2. The Hall–Kier alpha value is -1.18. The number of aromatic hydroxyl groups is 2. The Morgan fingerprint density at radius 3 is 2.14 bits per heavy atom. The van der Waals surface area contributed by atoms with Gasteiger partial charge in [0.25, 0.3) is 0 Å². The van der Waals surface area contributed by atoms with Crippen LogP contribution in [0.2, 0.25) is 0 Å². The zero-order valence-corrected chi connectivity index (χ0v) is 14.5. The van der Waals surface area contributed by atoms with Gasteiger partial charge in [0, 0.05) is 5.56 Å². The van der Waals surface area contributed by atoms with E-state index in [2.05, 4.69) is 20.8 Å². The first-order valence-corrected chi connectivity index (χ1v) is 9.02. The number of rotatable bonds is 7. The lowest BCUT2D eigenvalue weighted by Crippen LogP contribution is -2.17. The van der Waals surface area contributed by atoms with Crippen LogP contribution in [0.5, 0.6) is 11.5 Å². The van der Waals surface area contributed by atoms with E-state index in [1.165, 1.54) is 38.5 Å². The minimum Gasteiger partial charge on any atom is -0.508 e. The average molecular weight is 304 g/mol. The van der Waals surface area contributed by atoms with Gasteiger partial charge in [-0.1, -0.05) is 59.3 Å². The summed E-state index contributed by atoms with van der Waals surface area (Å²) in [6, 6.07) is 3.79. The first-order valence-electron chi connectivity index (χ1n) is 9.02. The van der Waals surface area contributed by atoms with Crippen LogP contribution in [0.4, 0.5) is 0 Å². The van der Waals surface area contributed by atoms with Crippen molar-refractivity contribution in [3.63, 3.8) is 0 Å². The number of hydrogen-bond donors (Lipinski definition) is 2. The molecule has 1 saturated carbocycles. The first-order chi connectivity index (χ1) is 10.5. The van der Waals surface area contributed by atoms with Crippen molar-refractivity contribution in [1.29, 1.82) is 0 Å². The van der Waals surface area contributed by atoms with Crippen molar-refractivity contribution in [3.05, 3.63) is 23.3 Å². The molecule has 1 aliphatic carbocycles. The highest BCUT2D eigenvalue weighted by Crippen LogP contribution is 2.45. The normalized spacial score (nSPS) is 16.3. The minimum atomic E-state index is -0.00307. The SMILES string of the molecule is CCCCCCC(C)(C)c1cc(O)c(C2CCCC2)c(O)c1. The van der Waals surface area contributed by atoms with Gasteiger partial charge in [-0.25, -0.2) is 0 Å². The summed E-state index contributed by atoms with van der Waals surface area (Å²) < 4.78 is 0. The average Bonchev–Trinajstić information content (AvgIpc) is 2.97. The van der Waals surface area contributed by atoms with Crippen LogP contribution in [0.3, 0.4) is 0 Å². The molecule has 124 valence electrons. The topological polar surface area (TPSA) is 40.5 Å². The standard InChI is InChI=1S/C20H32O2/c1-4-5-6-9-12-20(2,3)16-13-17(21)19(18(22)14-16)15-10-7-8-11-15/h13-15,21-22H,4-12H2,1-3H3. The molecule has 1 aromatic carbocycles. The van der Waals surface area contributed by atoms with Crippen molar-refractivity contribution < 1.29 is 10.2 Å². The van der Waals surface area contributed by atoms with Gasteiger partial charge in [-0.05, 0) is 48.3 Å². The molecule has 1 aliphatic rings. The van der Waals surface area contributed by atoms with E-state index < -0.39 is 0 Å². The lowest BCUT2D eigenvalue weighted by molar-refractivity contribution is 0.410. The summed E-state index contributed by atoms with van der Waals surface area (Å²) in [5.41, 5.74) is 1.83. The second-order valence-electron chi connectivity index (χ2n) is 7.60. The fourth-order valence-electron chi connectivity index (χ4n) is 3.78. The summed E-state index contributed by atoms with van der Waals surface area (Å²) in [5.74, 6) is 0.925. The molecule has 2 N–H and O–H groups in total. The van der Waals surface area contributed by atoms with Gasteiger partial charge in [0.15, 0.2) is 0 Å². The zero-order valence-electron chi connectivity index (χ0n) is 14.5. The largest absolute Gasteiger partial charge is 0.508 e. The summed E-state index contributed by atoms with van der Waals surface area (Å²) in [6.45, 7) is 6.65. The van der Waals surface area contributed by atoms with Crippen molar-refractivity contribution in [1.82, 2.24) is 0 Å². The van der Waals surface area contributed by atoms with E-state index >= 15 is 0 Å². The Balaban J connectivity index is 2.14. The van der Waals surface area contributed by atoms with Gasteiger partial charge >= 0.3 is 0 Å². The molecule has 1 aromatic rings. The molecular formula is C20H32O2. The summed E-state index contributed by atoms with van der Waals surface area (Å²) in [5, 5.41) is 20.9. The Bertz CT molecular complexity index is 461. The van der Waals surface area contributed by atoms with E-state index in [1.54, 1.807) is 0 Å². The van der Waals surface area contributed by atoms with Crippen molar-refractivity contribution in [2.24, 2.45) is 0 Å². The first kappa shape index (κ1) is 17.2. The third-order valence-corrected chi connectivity index (χ3v) is 5.34. The molecular weight excluding hydrogens is 272 g/mol. The molecule has 2 heteroatoms. The van der Waals surface area contributed by atoms with Crippen LogP contribution >= 0.6 is 0 Å². The molecule has 0 aromatic heterocycles. The molecule has 2 rings (SSSR count). The zero-order chi connectivity index (χ0) is 16.2. The molecule has 0 spiro atoms. The summed E-state index contributed by atoms with van der Waals surface area (Å²) in [7, 11) is 0. The van der Waals surface area contributed by atoms with E-state index in [1.807, 2.05) is 12.1 Å². The second kappa shape index (κ2) is 7.39. The summed E-state index contributed by atoms with van der Waals surface area (Å²) in [6.07, 6.45) is 10.7. The number of phenols is 2. The van der Waals surface area contributed by atoms with Gasteiger partial charge in [0.1, 0.15) is 11.5 Å². The van der Waals surface area contributed by atoms with E-state index in [0.29, 0.717) is 17.4 Å². The van der Waals surface area contributed by atoms with E-state index in [4.69, 9.17) is 0 Å². The molecule has 0 saturated heterocycles. The molecule has 0 heterocycles. The fourth-order valence-corrected chi connectivity index (χ4v) is 3.78. The number of hydrogen-bond acceptors (Lipinski definition) is 2. The summed E-state index contributed by atoms with van der Waals surface area (Å²) >= 11 is 0. The molecule has 0 unspecified atom stereocenters. The Morgan fingerprint density at radius 2 is 1.59 bits per heavy atom. The van der Waals surface area contributed by atoms with E-state index in [9.17, 15) is 10.2 Å². The monoisotopic (exact) mass is 304 g/mol.